The number of hydrogen-bond acceptors (Lipinski definition) is 3. The summed E-state index contributed by atoms with van der Waals surface area (Å²) in [6.45, 7) is 3.96. The Kier molecular flexibility index (Phi) is 5.19. The monoisotopic (exact) mass is 395 g/mol. The average Bonchev–Trinajstić information content (AvgIpc) is 2.65. The Morgan fingerprint density at radius 2 is 1.72 bits per heavy atom. The van der Waals surface area contributed by atoms with Gasteiger partial charge in [0.15, 0.2) is 0 Å². The van der Waals surface area contributed by atoms with Gasteiger partial charge in [0.25, 0.3) is 0 Å². The molecular formula is C21H18BrNO2. The zero-order chi connectivity index (χ0) is 17.8. The van der Waals surface area contributed by atoms with E-state index in [1.807, 2.05) is 48.5 Å². The fraction of sp³-hybridized carbons (Fsp3) is 0.0952. The highest BCUT2D eigenvalue weighted by Crippen LogP contribution is 2.31. The molecule has 0 saturated heterocycles. The van der Waals surface area contributed by atoms with E-state index in [4.69, 9.17) is 4.74 Å². The maximum absolute atomic E-state index is 12.1. The molecule has 3 aromatic carbocycles. The molecule has 0 aliphatic rings. The van der Waals surface area contributed by atoms with Crippen LogP contribution < -0.4 is 5.32 Å². The van der Waals surface area contributed by atoms with Crippen molar-refractivity contribution in [1.82, 2.24) is 0 Å². The van der Waals surface area contributed by atoms with Crippen molar-refractivity contribution in [1.29, 1.82) is 0 Å². The third kappa shape index (κ3) is 3.74. The van der Waals surface area contributed by atoms with Crippen molar-refractivity contribution in [2.45, 2.75) is 6.04 Å². The van der Waals surface area contributed by atoms with Gasteiger partial charge in [-0.05, 0) is 50.5 Å². The lowest BCUT2D eigenvalue weighted by Crippen LogP contribution is -2.19. The Morgan fingerprint density at radius 1 is 1.04 bits per heavy atom. The van der Waals surface area contributed by atoms with Crippen LogP contribution in [0.1, 0.15) is 11.6 Å². The zero-order valence-corrected chi connectivity index (χ0v) is 15.4. The number of nitrogens with one attached hydrogen (secondary N) is 1. The summed E-state index contributed by atoms with van der Waals surface area (Å²) in [6.07, 6.45) is 0. The third-order valence-electron chi connectivity index (χ3n) is 4.08. The molecule has 3 nitrogen and oxygen atoms in total. The molecule has 0 spiro atoms. The number of carbonyl (C=O) groups is 1. The predicted molar refractivity (Wildman–Crippen MR) is 106 cm³/mol. The molecule has 0 heterocycles. The number of esters is 1. The van der Waals surface area contributed by atoms with Crippen molar-refractivity contribution in [3.05, 3.63) is 88.9 Å². The summed E-state index contributed by atoms with van der Waals surface area (Å²) in [7, 11) is 1.36. The molecule has 0 radical (unpaired) electrons. The maximum Gasteiger partial charge on any atom is 0.335 e. The first-order valence-corrected chi connectivity index (χ1v) is 8.66. The normalized spacial score (nSPS) is 11.8. The van der Waals surface area contributed by atoms with Crippen LogP contribution >= 0.6 is 15.9 Å². The summed E-state index contributed by atoms with van der Waals surface area (Å²) in [4.78, 5) is 12.1. The number of benzene rings is 3. The minimum atomic E-state index is -0.433. The van der Waals surface area contributed by atoms with Crippen molar-refractivity contribution < 1.29 is 9.53 Å². The molecule has 0 amide bonds. The molecule has 0 aromatic heterocycles. The first kappa shape index (κ1) is 17.2. The molecule has 1 N–H and O–H groups in total. The highest BCUT2D eigenvalue weighted by Gasteiger charge is 2.22. The van der Waals surface area contributed by atoms with E-state index in [9.17, 15) is 4.79 Å². The van der Waals surface area contributed by atoms with Gasteiger partial charge in [0.05, 0.1) is 18.7 Å². The van der Waals surface area contributed by atoms with Crippen LogP contribution in [0.5, 0.6) is 0 Å². The van der Waals surface area contributed by atoms with E-state index < -0.39 is 12.0 Å². The summed E-state index contributed by atoms with van der Waals surface area (Å²) in [5.41, 5.74) is 2.18. The second-order valence-electron chi connectivity index (χ2n) is 5.68. The molecular weight excluding hydrogens is 378 g/mol. The van der Waals surface area contributed by atoms with E-state index >= 15 is 0 Å². The number of para-hydroxylation sites is 1. The van der Waals surface area contributed by atoms with E-state index in [2.05, 4.69) is 46.0 Å². The molecule has 0 saturated carbocycles. The van der Waals surface area contributed by atoms with E-state index in [0.29, 0.717) is 5.57 Å². The van der Waals surface area contributed by atoms with Gasteiger partial charge < -0.3 is 10.1 Å². The van der Waals surface area contributed by atoms with E-state index in [1.54, 1.807) is 0 Å². The standard InChI is InChI=1S/C21H18BrNO2/c1-14(21(24)25-2)20(23-19-10-6-5-9-18(19)22)17-12-11-15-7-3-4-8-16(15)13-17/h3-13,20,23H,1H2,2H3. The summed E-state index contributed by atoms with van der Waals surface area (Å²) >= 11 is 3.53. The quantitative estimate of drug-likeness (QED) is 0.458. The van der Waals surface area contributed by atoms with Crippen LogP contribution in [0.25, 0.3) is 10.8 Å². The molecule has 0 aliphatic carbocycles. The van der Waals surface area contributed by atoms with Gasteiger partial charge >= 0.3 is 5.97 Å². The van der Waals surface area contributed by atoms with Crippen LogP contribution in [0, 0.1) is 0 Å². The highest BCUT2D eigenvalue weighted by atomic mass is 79.9. The van der Waals surface area contributed by atoms with Crippen LogP contribution in [-0.2, 0) is 9.53 Å². The molecule has 0 bridgehead atoms. The van der Waals surface area contributed by atoms with Gasteiger partial charge in [0.1, 0.15) is 0 Å². The lowest BCUT2D eigenvalue weighted by Gasteiger charge is -2.22. The minimum Gasteiger partial charge on any atom is -0.466 e. The number of ether oxygens (including phenoxy) is 1. The second-order valence-corrected chi connectivity index (χ2v) is 6.53. The van der Waals surface area contributed by atoms with Gasteiger partial charge in [-0.3, -0.25) is 0 Å². The highest BCUT2D eigenvalue weighted by molar-refractivity contribution is 9.10. The molecule has 3 aromatic rings. The molecule has 3 rings (SSSR count). The SMILES string of the molecule is C=C(C(=O)OC)C(Nc1ccccc1Br)c1ccc2ccccc2c1. The lowest BCUT2D eigenvalue weighted by molar-refractivity contribution is -0.136. The molecule has 0 fully saturated rings. The van der Waals surface area contributed by atoms with Crippen LogP contribution in [0.15, 0.2) is 83.4 Å². The van der Waals surface area contributed by atoms with E-state index in [1.165, 1.54) is 7.11 Å². The Balaban J connectivity index is 2.04. The first-order valence-electron chi connectivity index (χ1n) is 7.87. The fourth-order valence-electron chi connectivity index (χ4n) is 2.74. The van der Waals surface area contributed by atoms with Gasteiger partial charge in [-0.1, -0.05) is 55.1 Å². The van der Waals surface area contributed by atoms with Crippen LogP contribution in [0.4, 0.5) is 5.69 Å². The van der Waals surface area contributed by atoms with Crippen LogP contribution in [-0.4, -0.2) is 13.1 Å². The number of fused-ring (bicyclic) bond motifs is 1. The molecule has 126 valence electrons. The van der Waals surface area contributed by atoms with Crippen molar-refractivity contribution in [2.24, 2.45) is 0 Å². The zero-order valence-electron chi connectivity index (χ0n) is 13.8. The Morgan fingerprint density at radius 3 is 2.44 bits per heavy atom. The number of halogens is 1. The van der Waals surface area contributed by atoms with Gasteiger partial charge in [-0.2, -0.15) is 0 Å². The fourth-order valence-corrected chi connectivity index (χ4v) is 3.14. The predicted octanol–water partition coefficient (Wildman–Crippen LogP) is 5.48. The summed E-state index contributed by atoms with van der Waals surface area (Å²) in [5.74, 6) is -0.433. The molecule has 25 heavy (non-hydrogen) atoms. The number of rotatable bonds is 5. The maximum atomic E-state index is 12.1. The second kappa shape index (κ2) is 7.53. The number of methoxy groups -OCH3 is 1. The largest absolute Gasteiger partial charge is 0.466 e. The van der Waals surface area contributed by atoms with E-state index in [0.717, 1.165) is 26.5 Å². The van der Waals surface area contributed by atoms with Crippen LogP contribution in [0.2, 0.25) is 0 Å². The molecule has 0 aliphatic heterocycles. The van der Waals surface area contributed by atoms with Crippen LogP contribution in [0.3, 0.4) is 0 Å². The number of anilines is 1. The lowest BCUT2D eigenvalue weighted by atomic mass is 9.96. The number of hydrogen-bond donors (Lipinski definition) is 1. The Bertz CT molecular complexity index is 936. The van der Waals surface area contributed by atoms with Gasteiger partial charge in [-0.25, -0.2) is 4.79 Å². The van der Waals surface area contributed by atoms with Gasteiger partial charge in [0.2, 0.25) is 0 Å². The minimum absolute atomic E-state index is 0.355. The third-order valence-corrected chi connectivity index (χ3v) is 4.77. The molecule has 4 heteroatoms. The van der Waals surface area contributed by atoms with Crippen molar-refractivity contribution in [2.75, 3.05) is 12.4 Å². The van der Waals surface area contributed by atoms with Gasteiger partial charge in [0, 0.05) is 10.2 Å². The summed E-state index contributed by atoms with van der Waals surface area (Å²) < 4.78 is 5.79. The van der Waals surface area contributed by atoms with Crippen molar-refractivity contribution >= 4 is 38.4 Å². The Hall–Kier alpha value is -2.59. The van der Waals surface area contributed by atoms with Crippen molar-refractivity contribution in [3.8, 4) is 0 Å². The van der Waals surface area contributed by atoms with E-state index in [-0.39, 0.29) is 0 Å². The average molecular weight is 396 g/mol. The van der Waals surface area contributed by atoms with Gasteiger partial charge in [-0.15, -0.1) is 0 Å². The number of carbonyl (C=O) groups excluding carboxylic acids is 1. The topological polar surface area (TPSA) is 38.3 Å². The Labute approximate surface area is 155 Å². The summed E-state index contributed by atoms with van der Waals surface area (Å²) in [6, 6.07) is 21.6. The molecule has 1 unspecified atom stereocenters. The first-order chi connectivity index (χ1) is 12.1. The molecule has 1 atom stereocenters. The summed E-state index contributed by atoms with van der Waals surface area (Å²) in [5, 5.41) is 5.65. The smallest absolute Gasteiger partial charge is 0.335 e. The van der Waals surface area contributed by atoms with Crippen molar-refractivity contribution in [3.63, 3.8) is 0 Å².